The van der Waals surface area contributed by atoms with E-state index < -0.39 is 164 Å². The molecule has 3 heterocycles. The third kappa shape index (κ3) is 28.8. The molecule has 0 radical (unpaired) electrons. The van der Waals surface area contributed by atoms with E-state index in [1.54, 1.807) is 24.4 Å². The number of benzene rings is 2. The van der Waals surface area contributed by atoms with Crippen molar-refractivity contribution < 1.29 is 108 Å². The van der Waals surface area contributed by atoms with Crippen molar-refractivity contribution in [2.75, 3.05) is 43.4 Å². The van der Waals surface area contributed by atoms with Crippen molar-refractivity contribution in [3.8, 4) is 0 Å². The highest BCUT2D eigenvalue weighted by molar-refractivity contribution is 8.76. The summed E-state index contributed by atoms with van der Waals surface area (Å²) in [6.45, 7) is 15.2. The minimum Gasteiger partial charge on any atom is -0.481 e. The van der Waals surface area contributed by atoms with E-state index in [0.29, 0.717) is 43.7 Å². The maximum atomic E-state index is 14.0. The summed E-state index contributed by atoms with van der Waals surface area (Å²) in [7, 11) is -6.13. The quantitative estimate of drug-likeness (QED) is 0.0118. The van der Waals surface area contributed by atoms with Gasteiger partial charge in [0.05, 0.1) is 28.0 Å². The number of hydrogen-bond donors (Lipinski definition) is 14. The van der Waals surface area contributed by atoms with E-state index in [2.05, 4.69) is 57.0 Å². The number of pyridine rings is 1. The maximum Gasteiger partial charge on any atom is 0.407 e. The molecule has 111 heavy (non-hydrogen) atoms. The number of carboxylic acids is 3. The van der Waals surface area contributed by atoms with E-state index >= 15 is 0 Å². The van der Waals surface area contributed by atoms with E-state index in [1.165, 1.54) is 59.7 Å². The molecule has 6 atom stereocenters. The monoisotopic (exact) mass is 1630 g/mol. The van der Waals surface area contributed by atoms with Gasteiger partial charge in [0.2, 0.25) is 52.9 Å². The number of hydrogen-bond acceptors (Lipinski definition) is 21. The molecule has 15 N–H and O–H groups in total. The van der Waals surface area contributed by atoms with Crippen molar-refractivity contribution in [1.82, 2.24) is 47.5 Å². The molecule has 1 aromatic heterocycles. The molecular formula is C73H101N12O22S4+. The summed E-state index contributed by atoms with van der Waals surface area (Å²) in [4.78, 5) is 161. The smallest absolute Gasteiger partial charge is 0.407 e. The SMILES string of the molecule is CCN1/C(=C/C=C/C=C/C2=[N+](CCCCCC(=O)NCCCC[C@H](NC(C)=O)C(=O)N[C@@H](CC(=O)O)C(=O)N[C@@H](CCC(=O)O)C(=O)N[C@H](C(=O)N[C@@H](CC(=O)O)C(=O)N[C@@H](CCCCNC(=O)OCCSSc3ccccn3)C(N)=O)C(C)C)c3ccc(S(=O)(=O)O)cc3C2(C)C)C(C)(C)c2cc(S(=O)(=O)O)ccc21. The standard InChI is InChI=1S/C73H100N12O22S4/c1-9-84-55-31-28-46(110(101,102)103)40-48(55)72(5,6)57(84)24-12-10-13-25-58-73(7,8)49-41-47(111(104,105)106)29-32-56(49)85(58)37-21-11-14-26-59(87)75-34-18-16-23-51(78-45(4)86)66(95)81-53(42-62(90)91)69(98)80-52(30-33-61(88)89)67(96)83-64(44(2)3)70(99)82-54(43-63(92)93)68(97)79-50(65(74)94)22-15-19-36-77-71(100)107-38-39-108-109-60-27-17-20-35-76-60/h10,12-13,17,20,24-25,27-29,31-32,35,40-41,44,50-54,64H,9,11,14-16,18-19,21-23,26,30,33-34,36-39,42-43H2,1-8H3,(H14-,74,75,77,78,79,80,81,82,83,86,87,88,89,90,91,92,93,94,95,96,97,98,99,100,101,102,103,104,105,106)/p+1/t50-,51-,52-,53-,54-,64-/m0/s1. The molecule has 0 fully saturated rings. The van der Waals surface area contributed by atoms with Crippen LogP contribution in [0.4, 0.5) is 16.2 Å². The number of alkyl carbamates (subject to hydrolysis) is 1. The van der Waals surface area contributed by atoms with Gasteiger partial charge in [-0.2, -0.15) is 21.4 Å². The Morgan fingerprint density at radius 1 is 0.622 bits per heavy atom. The van der Waals surface area contributed by atoms with Crippen molar-refractivity contribution >= 4 is 130 Å². The van der Waals surface area contributed by atoms with E-state index in [-0.39, 0.29) is 80.3 Å². The maximum absolute atomic E-state index is 14.0. The van der Waals surface area contributed by atoms with Gasteiger partial charge in [-0.25, -0.2) is 9.78 Å². The zero-order chi connectivity index (χ0) is 82.6. The highest BCUT2D eigenvalue weighted by Crippen LogP contribution is 2.48. The summed E-state index contributed by atoms with van der Waals surface area (Å²) < 4.78 is 75.6. The van der Waals surface area contributed by atoms with Crippen LogP contribution >= 0.6 is 21.6 Å². The van der Waals surface area contributed by atoms with Crippen LogP contribution in [0.5, 0.6) is 0 Å². The summed E-state index contributed by atoms with van der Waals surface area (Å²) in [5.41, 5.74) is 8.86. The average Bonchev–Trinajstić information content (AvgIpc) is 1.59. The fraction of sp³-hybridized carbons (Fsp3) is 0.507. The number of unbranched alkanes of at least 4 members (excludes halogenated alkanes) is 4. The van der Waals surface area contributed by atoms with Gasteiger partial charge in [0, 0.05) is 92.3 Å². The summed E-state index contributed by atoms with van der Waals surface area (Å²) in [5.74, 6) is -12.8. The van der Waals surface area contributed by atoms with Crippen molar-refractivity contribution in [2.45, 2.75) is 207 Å². The molecule has 5 rings (SSSR count). The number of fused-ring (bicyclic) bond motifs is 2. The first-order chi connectivity index (χ1) is 52.2. The second-order valence-corrected chi connectivity index (χ2v) is 33.0. The molecule has 0 aliphatic carbocycles. The van der Waals surface area contributed by atoms with E-state index in [0.717, 1.165) is 40.3 Å². The first kappa shape index (κ1) is 91.8. The van der Waals surface area contributed by atoms with Gasteiger partial charge in [-0.3, -0.25) is 61.8 Å². The van der Waals surface area contributed by atoms with Crippen LogP contribution in [0.1, 0.15) is 156 Å². The number of rotatable bonds is 47. The number of carboxylic acid groups (broad SMARTS) is 3. The minimum atomic E-state index is -4.55. The van der Waals surface area contributed by atoms with Crippen LogP contribution in [0.3, 0.4) is 0 Å². The molecule has 3 aromatic rings. The molecule has 0 saturated heterocycles. The van der Waals surface area contributed by atoms with Crippen molar-refractivity contribution in [3.05, 3.63) is 108 Å². The number of nitrogens with zero attached hydrogens (tertiary/aromatic N) is 3. The Morgan fingerprint density at radius 3 is 1.77 bits per heavy atom. The Kier molecular flexibility index (Phi) is 35.7. The third-order valence-electron chi connectivity index (χ3n) is 18.2. The number of nitrogens with one attached hydrogen (secondary N) is 8. The molecular weight excluding hydrogens is 1530 g/mol. The van der Waals surface area contributed by atoms with Gasteiger partial charge >= 0.3 is 24.0 Å². The lowest BCUT2D eigenvalue weighted by atomic mass is 9.81. The molecule has 0 bridgehead atoms. The average molecular weight is 1630 g/mol. The molecule has 34 nitrogen and oxygen atoms in total. The van der Waals surface area contributed by atoms with Crippen molar-refractivity contribution in [1.29, 1.82) is 0 Å². The largest absolute Gasteiger partial charge is 0.481 e. The number of ether oxygens (including phenoxy) is 1. The van der Waals surface area contributed by atoms with Crippen LogP contribution in [0, 0.1) is 5.92 Å². The number of amides is 9. The first-order valence-electron chi connectivity index (χ1n) is 36.0. The van der Waals surface area contributed by atoms with Crippen molar-refractivity contribution in [2.24, 2.45) is 11.7 Å². The van der Waals surface area contributed by atoms with E-state index in [9.17, 15) is 98.8 Å². The Hall–Kier alpha value is -9.76. The second-order valence-electron chi connectivity index (χ2n) is 27.7. The minimum absolute atomic E-state index is 0.0748. The van der Waals surface area contributed by atoms with Gasteiger partial charge < -0.3 is 73.2 Å². The van der Waals surface area contributed by atoms with E-state index in [1.807, 2.05) is 77.1 Å². The molecule has 9 amide bonds. The Bertz CT molecular complexity index is 4250. The molecule has 0 saturated carbocycles. The van der Waals surface area contributed by atoms with Crippen LogP contribution < -0.4 is 53.2 Å². The molecule has 2 aromatic carbocycles. The number of primary amides is 1. The number of aromatic nitrogens is 1. The summed E-state index contributed by atoms with van der Waals surface area (Å²) in [5, 5.41) is 49.3. The lowest BCUT2D eigenvalue weighted by molar-refractivity contribution is -0.438. The number of carbonyl (C=O) groups excluding carboxylic acids is 9. The third-order valence-corrected chi connectivity index (χ3v) is 22.1. The molecule has 2 aliphatic heterocycles. The topological polar surface area (TPSA) is 525 Å². The fourth-order valence-electron chi connectivity index (χ4n) is 12.4. The second kappa shape index (κ2) is 43.2. The van der Waals surface area contributed by atoms with Crippen LogP contribution in [-0.4, -0.2) is 203 Å². The Balaban J connectivity index is 1.13. The van der Waals surface area contributed by atoms with Gasteiger partial charge in [0.25, 0.3) is 20.2 Å². The van der Waals surface area contributed by atoms with Gasteiger partial charge in [-0.15, -0.1) is 0 Å². The van der Waals surface area contributed by atoms with Gasteiger partial charge in [0.15, 0.2) is 5.71 Å². The molecule has 608 valence electrons. The Labute approximate surface area is 652 Å². The summed E-state index contributed by atoms with van der Waals surface area (Å²) in [6, 6.07) is 4.38. The van der Waals surface area contributed by atoms with Crippen LogP contribution in [-0.2, 0) is 88.5 Å². The van der Waals surface area contributed by atoms with Crippen LogP contribution in [0.2, 0.25) is 0 Å². The highest BCUT2D eigenvalue weighted by atomic mass is 33.1. The van der Waals surface area contributed by atoms with E-state index in [4.69, 9.17) is 10.5 Å². The van der Waals surface area contributed by atoms with Gasteiger partial charge in [-0.05, 0) is 149 Å². The van der Waals surface area contributed by atoms with Crippen LogP contribution in [0.25, 0.3) is 0 Å². The molecule has 0 unspecified atom stereocenters. The molecule has 0 spiro atoms. The summed E-state index contributed by atoms with van der Waals surface area (Å²) >= 11 is 0. The normalized spacial score (nSPS) is 15.6. The zero-order valence-electron chi connectivity index (χ0n) is 63.1. The predicted molar refractivity (Wildman–Crippen MR) is 411 cm³/mol. The highest BCUT2D eigenvalue weighted by Gasteiger charge is 2.46. The molecule has 2 aliphatic rings. The predicted octanol–water partition coefficient (Wildman–Crippen LogP) is 4.83. The lowest BCUT2D eigenvalue weighted by Gasteiger charge is -2.28. The molecule has 38 heteroatoms. The van der Waals surface area contributed by atoms with Gasteiger partial charge in [-0.1, -0.05) is 62.8 Å². The Morgan fingerprint density at radius 2 is 1.19 bits per heavy atom. The first-order valence-corrected chi connectivity index (χ1v) is 41.2. The zero-order valence-corrected chi connectivity index (χ0v) is 66.3. The number of likely N-dealkylation sites (N-methyl/N-ethyl adjacent to an activating group) is 1. The van der Waals surface area contributed by atoms with Crippen molar-refractivity contribution in [3.63, 3.8) is 0 Å². The number of anilines is 1. The number of carbonyl (C=O) groups is 12. The summed E-state index contributed by atoms with van der Waals surface area (Å²) in [6.07, 6.45) is 9.46. The van der Waals surface area contributed by atoms with Gasteiger partial charge in [0.1, 0.15) is 54.4 Å². The number of nitrogens with two attached hydrogens (primary N) is 1. The fourth-order valence-corrected chi connectivity index (χ4v) is 15.2. The number of allylic oxidation sites excluding steroid dienone is 6. The number of aliphatic carboxylic acids is 3. The van der Waals surface area contributed by atoms with Crippen LogP contribution in [0.15, 0.2) is 112 Å². The lowest BCUT2D eigenvalue weighted by Crippen LogP contribution is -2.60.